The van der Waals surface area contributed by atoms with E-state index < -0.39 is 0 Å². The maximum Gasteiger partial charge on any atom is 0.219 e. The summed E-state index contributed by atoms with van der Waals surface area (Å²) in [4.78, 5) is 11.3. The second-order valence-electron chi connectivity index (χ2n) is 6.34. The van der Waals surface area contributed by atoms with Crippen LogP contribution in [0.15, 0.2) is 0 Å². The second kappa shape index (κ2) is 17.5. The van der Waals surface area contributed by atoms with Gasteiger partial charge in [-0.2, -0.15) is 0 Å². The van der Waals surface area contributed by atoms with Gasteiger partial charge < -0.3 is 5.32 Å². The van der Waals surface area contributed by atoms with Crippen LogP contribution in [0.4, 0.5) is 0 Å². The van der Waals surface area contributed by atoms with Crippen molar-refractivity contribution in [3.8, 4) is 0 Å². The average molecular weight is 298 g/mol. The normalized spacial score (nSPS) is 10.8. The molecule has 126 valence electrons. The topological polar surface area (TPSA) is 29.1 Å². The Labute approximate surface area is 133 Å². The van der Waals surface area contributed by atoms with Gasteiger partial charge in [0.15, 0.2) is 0 Å². The number of carbonyl (C=O) groups is 1. The van der Waals surface area contributed by atoms with Gasteiger partial charge in [0.2, 0.25) is 5.91 Å². The van der Waals surface area contributed by atoms with Crippen molar-refractivity contribution in [2.45, 2.75) is 110 Å². The van der Waals surface area contributed by atoms with E-state index in [-0.39, 0.29) is 5.91 Å². The summed E-state index contributed by atoms with van der Waals surface area (Å²) in [6, 6.07) is 0. The first-order chi connectivity index (χ1) is 10.3. The molecule has 0 aliphatic heterocycles. The third-order valence-electron chi connectivity index (χ3n) is 4.08. The highest BCUT2D eigenvalue weighted by Gasteiger charge is 1.97. The zero-order valence-corrected chi connectivity index (χ0v) is 14.7. The molecule has 0 radical (unpaired) electrons. The van der Waals surface area contributed by atoms with Crippen LogP contribution >= 0.6 is 0 Å². The minimum Gasteiger partial charge on any atom is -0.356 e. The lowest BCUT2D eigenvalue weighted by Gasteiger charge is -2.04. The molecule has 0 aliphatic rings. The summed E-state index contributed by atoms with van der Waals surface area (Å²) < 4.78 is 0. The molecule has 1 amide bonds. The third kappa shape index (κ3) is 17.4. The van der Waals surface area contributed by atoms with Gasteiger partial charge in [-0.1, -0.05) is 90.9 Å². The lowest BCUT2D eigenvalue weighted by Crippen LogP contribution is -2.23. The Morgan fingerprint density at radius 1 is 0.619 bits per heavy atom. The molecular weight excluding hydrogens is 258 g/mol. The van der Waals surface area contributed by atoms with Gasteiger partial charge in [0, 0.05) is 13.0 Å². The quantitative estimate of drug-likeness (QED) is 0.348. The Balaban J connectivity index is 3.01. The first-order valence-corrected chi connectivity index (χ1v) is 9.58. The molecule has 0 bridgehead atoms. The van der Waals surface area contributed by atoms with Crippen LogP contribution in [-0.2, 0) is 4.79 Å². The molecule has 0 rings (SSSR count). The van der Waals surface area contributed by atoms with Crippen LogP contribution in [0.2, 0.25) is 0 Å². The molecular formula is C19H39NO. The Morgan fingerprint density at radius 2 is 1.05 bits per heavy atom. The number of rotatable bonds is 16. The minimum absolute atomic E-state index is 0.219. The summed E-state index contributed by atoms with van der Waals surface area (Å²) in [5, 5.41) is 2.98. The van der Waals surface area contributed by atoms with Gasteiger partial charge in [-0.15, -0.1) is 0 Å². The van der Waals surface area contributed by atoms with E-state index in [4.69, 9.17) is 0 Å². The van der Waals surface area contributed by atoms with E-state index in [0.29, 0.717) is 6.42 Å². The summed E-state index contributed by atoms with van der Waals surface area (Å²) in [6.45, 7) is 5.19. The molecule has 0 aliphatic carbocycles. The molecule has 0 atom stereocenters. The van der Waals surface area contributed by atoms with Gasteiger partial charge in [0.25, 0.3) is 0 Å². The molecule has 1 N–H and O–H groups in total. The molecule has 0 unspecified atom stereocenters. The van der Waals surface area contributed by atoms with Crippen molar-refractivity contribution in [1.29, 1.82) is 0 Å². The molecule has 2 nitrogen and oxygen atoms in total. The molecule has 0 aromatic rings. The van der Waals surface area contributed by atoms with Crippen molar-refractivity contribution in [2.75, 3.05) is 6.54 Å². The van der Waals surface area contributed by atoms with E-state index in [1.54, 1.807) is 0 Å². The fourth-order valence-corrected chi connectivity index (χ4v) is 2.69. The maximum absolute atomic E-state index is 11.3. The molecule has 0 heterocycles. The summed E-state index contributed by atoms with van der Waals surface area (Å²) in [7, 11) is 0. The highest BCUT2D eigenvalue weighted by Crippen LogP contribution is 2.12. The van der Waals surface area contributed by atoms with Crippen molar-refractivity contribution in [2.24, 2.45) is 0 Å². The monoisotopic (exact) mass is 297 g/mol. The summed E-state index contributed by atoms with van der Waals surface area (Å²) in [6.07, 6.45) is 19.5. The molecule has 0 fully saturated rings. The van der Waals surface area contributed by atoms with Crippen LogP contribution in [0, 0.1) is 0 Å². The first-order valence-electron chi connectivity index (χ1n) is 9.58. The number of unbranched alkanes of at least 4 members (excludes halogenated alkanes) is 12. The van der Waals surface area contributed by atoms with Crippen LogP contribution in [0.25, 0.3) is 0 Å². The highest BCUT2D eigenvalue weighted by atomic mass is 16.1. The zero-order valence-electron chi connectivity index (χ0n) is 14.7. The van der Waals surface area contributed by atoms with E-state index in [2.05, 4.69) is 12.2 Å². The van der Waals surface area contributed by atoms with E-state index in [9.17, 15) is 4.79 Å². The standard InChI is InChI=1S/C19H39NO/c1-3-5-6-7-8-9-10-11-12-13-14-15-16-18-20-19(21)17-4-2/h3-18H2,1-2H3,(H,20,21). The largest absolute Gasteiger partial charge is 0.356 e. The van der Waals surface area contributed by atoms with E-state index in [1.807, 2.05) is 6.92 Å². The Kier molecular flexibility index (Phi) is 17.1. The molecule has 0 spiro atoms. The van der Waals surface area contributed by atoms with E-state index in [0.717, 1.165) is 19.4 Å². The SMILES string of the molecule is CCCCCCCCCCCCCCCNC(=O)CCC. The van der Waals surface area contributed by atoms with Gasteiger partial charge >= 0.3 is 0 Å². The van der Waals surface area contributed by atoms with Gasteiger partial charge in [0.1, 0.15) is 0 Å². The number of nitrogens with one attached hydrogen (secondary N) is 1. The fourth-order valence-electron chi connectivity index (χ4n) is 2.69. The molecule has 0 saturated carbocycles. The van der Waals surface area contributed by atoms with E-state index in [1.165, 1.54) is 77.0 Å². The third-order valence-corrected chi connectivity index (χ3v) is 4.08. The second-order valence-corrected chi connectivity index (χ2v) is 6.34. The summed E-state index contributed by atoms with van der Waals surface area (Å²) in [5.74, 6) is 0.219. The lowest BCUT2D eigenvalue weighted by atomic mass is 10.0. The number of amides is 1. The van der Waals surface area contributed by atoms with Crippen molar-refractivity contribution < 1.29 is 4.79 Å². The van der Waals surface area contributed by atoms with Crippen LogP contribution < -0.4 is 5.32 Å². The smallest absolute Gasteiger partial charge is 0.219 e. The molecule has 0 aromatic carbocycles. The van der Waals surface area contributed by atoms with E-state index >= 15 is 0 Å². The van der Waals surface area contributed by atoms with Crippen LogP contribution in [-0.4, -0.2) is 12.5 Å². The molecule has 21 heavy (non-hydrogen) atoms. The predicted octanol–water partition coefficient (Wildman–Crippen LogP) is 5.99. The Morgan fingerprint density at radius 3 is 1.48 bits per heavy atom. The van der Waals surface area contributed by atoms with Crippen molar-refractivity contribution in [1.82, 2.24) is 5.32 Å². The maximum atomic E-state index is 11.3. The predicted molar refractivity (Wildman–Crippen MR) is 93.6 cm³/mol. The van der Waals surface area contributed by atoms with Crippen LogP contribution in [0.5, 0.6) is 0 Å². The number of carbonyl (C=O) groups excluding carboxylic acids is 1. The fraction of sp³-hybridized carbons (Fsp3) is 0.947. The summed E-state index contributed by atoms with van der Waals surface area (Å²) in [5.41, 5.74) is 0. The Bertz CT molecular complexity index is 216. The number of hydrogen-bond acceptors (Lipinski definition) is 1. The van der Waals surface area contributed by atoms with Gasteiger partial charge in [-0.3, -0.25) is 4.79 Å². The van der Waals surface area contributed by atoms with Crippen molar-refractivity contribution >= 4 is 5.91 Å². The minimum atomic E-state index is 0.219. The average Bonchev–Trinajstić information content (AvgIpc) is 2.48. The zero-order chi connectivity index (χ0) is 15.6. The molecule has 0 saturated heterocycles. The van der Waals surface area contributed by atoms with Gasteiger partial charge in [0.05, 0.1) is 0 Å². The summed E-state index contributed by atoms with van der Waals surface area (Å²) >= 11 is 0. The number of hydrogen-bond donors (Lipinski definition) is 1. The molecule has 2 heteroatoms. The lowest BCUT2D eigenvalue weighted by molar-refractivity contribution is -0.121. The van der Waals surface area contributed by atoms with Crippen LogP contribution in [0.1, 0.15) is 110 Å². The van der Waals surface area contributed by atoms with Gasteiger partial charge in [-0.05, 0) is 12.8 Å². The van der Waals surface area contributed by atoms with Gasteiger partial charge in [-0.25, -0.2) is 0 Å². The van der Waals surface area contributed by atoms with Crippen LogP contribution in [0.3, 0.4) is 0 Å². The van der Waals surface area contributed by atoms with Crippen molar-refractivity contribution in [3.05, 3.63) is 0 Å². The highest BCUT2D eigenvalue weighted by molar-refractivity contribution is 5.75. The van der Waals surface area contributed by atoms with Crippen molar-refractivity contribution in [3.63, 3.8) is 0 Å². The first kappa shape index (κ1) is 20.5. The Hall–Kier alpha value is -0.530. The molecule has 0 aromatic heterocycles.